The minimum absolute atomic E-state index is 0.187. The van der Waals surface area contributed by atoms with Gasteiger partial charge < -0.3 is 16.4 Å². The van der Waals surface area contributed by atoms with Crippen molar-refractivity contribution in [1.29, 1.82) is 0 Å². The lowest BCUT2D eigenvalue weighted by Gasteiger charge is -2.03. The second kappa shape index (κ2) is 7.56. The van der Waals surface area contributed by atoms with E-state index in [1.54, 1.807) is 11.4 Å². The van der Waals surface area contributed by atoms with Gasteiger partial charge in [0.1, 0.15) is 5.00 Å². The molecule has 0 radical (unpaired) electrons. The smallest absolute Gasteiger partial charge is 0.251 e. The molecule has 0 bridgehead atoms. The lowest BCUT2D eigenvalue weighted by molar-refractivity contribution is -0.113. The fourth-order valence-electron chi connectivity index (χ4n) is 1.46. The van der Waals surface area contributed by atoms with E-state index in [4.69, 9.17) is 5.73 Å². The van der Waals surface area contributed by atoms with E-state index in [0.29, 0.717) is 14.9 Å². The molecule has 0 spiro atoms. The Hall–Kier alpha value is -1.65. The minimum Gasteiger partial charge on any atom is -0.366 e. The van der Waals surface area contributed by atoms with Crippen LogP contribution in [0.2, 0.25) is 0 Å². The number of thioether (sulfide) groups is 1. The Labute approximate surface area is 139 Å². The number of anilines is 2. The topological polar surface area (TPSA) is 110 Å². The monoisotopic (exact) mass is 357 g/mol. The number of aromatic nitrogens is 2. The average molecular weight is 357 g/mol. The number of thiophene rings is 1. The summed E-state index contributed by atoms with van der Waals surface area (Å²) in [5, 5.41) is 16.7. The molecule has 0 aliphatic rings. The van der Waals surface area contributed by atoms with Gasteiger partial charge in [0, 0.05) is 6.04 Å². The normalized spacial score (nSPS) is 10.7. The van der Waals surface area contributed by atoms with Crippen LogP contribution in [0.15, 0.2) is 15.8 Å². The summed E-state index contributed by atoms with van der Waals surface area (Å²) in [5.74, 6) is -0.590. The van der Waals surface area contributed by atoms with Crippen LogP contribution in [-0.4, -0.2) is 33.8 Å². The Balaban J connectivity index is 1.86. The Morgan fingerprint density at radius 3 is 2.86 bits per heavy atom. The maximum absolute atomic E-state index is 11.9. The van der Waals surface area contributed by atoms with Crippen molar-refractivity contribution >= 4 is 56.4 Å². The molecule has 2 aromatic heterocycles. The van der Waals surface area contributed by atoms with Crippen molar-refractivity contribution in [3.8, 4) is 0 Å². The largest absolute Gasteiger partial charge is 0.366 e. The molecule has 10 heteroatoms. The number of primary amides is 1. The molecule has 2 heterocycles. The number of rotatable bonds is 7. The van der Waals surface area contributed by atoms with Crippen molar-refractivity contribution in [2.45, 2.75) is 24.2 Å². The van der Waals surface area contributed by atoms with Gasteiger partial charge in [0.25, 0.3) is 5.91 Å². The van der Waals surface area contributed by atoms with Crippen LogP contribution in [0.5, 0.6) is 0 Å². The molecular formula is C12H15N5O2S3. The fourth-order valence-corrected chi connectivity index (χ4v) is 3.97. The zero-order valence-corrected chi connectivity index (χ0v) is 14.4. The van der Waals surface area contributed by atoms with Gasteiger partial charge in [-0.25, -0.2) is 0 Å². The van der Waals surface area contributed by atoms with Crippen LogP contribution in [-0.2, 0) is 4.79 Å². The Morgan fingerprint density at radius 1 is 1.41 bits per heavy atom. The van der Waals surface area contributed by atoms with Gasteiger partial charge in [0.2, 0.25) is 11.0 Å². The van der Waals surface area contributed by atoms with E-state index in [0.717, 1.165) is 5.13 Å². The van der Waals surface area contributed by atoms with Crippen molar-refractivity contribution in [2.24, 2.45) is 5.73 Å². The highest BCUT2D eigenvalue weighted by Crippen LogP contribution is 2.27. The first kappa shape index (κ1) is 16.7. The summed E-state index contributed by atoms with van der Waals surface area (Å²) < 4.78 is 0.708. The highest BCUT2D eigenvalue weighted by molar-refractivity contribution is 8.01. The van der Waals surface area contributed by atoms with Crippen LogP contribution in [0.3, 0.4) is 0 Å². The summed E-state index contributed by atoms with van der Waals surface area (Å²) in [6.45, 7) is 4.03. The molecule has 4 N–H and O–H groups in total. The van der Waals surface area contributed by atoms with Crippen LogP contribution in [0, 0.1) is 0 Å². The van der Waals surface area contributed by atoms with Crippen LogP contribution >= 0.6 is 34.4 Å². The third kappa shape index (κ3) is 4.68. The van der Waals surface area contributed by atoms with Crippen LogP contribution in [0.1, 0.15) is 24.2 Å². The highest BCUT2D eigenvalue weighted by Gasteiger charge is 2.13. The van der Waals surface area contributed by atoms with E-state index in [2.05, 4.69) is 20.8 Å². The zero-order chi connectivity index (χ0) is 16.1. The van der Waals surface area contributed by atoms with Crippen LogP contribution in [0.25, 0.3) is 0 Å². The maximum atomic E-state index is 11.9. The first-order chi connectivity index (χ1) is 10.5. The molecule has 0 fully saturated rings. The van der Waals surface area contributed by atoms with E-state index < -0.39 is 5.91 Å². The summed E-state index contributed by atoms with van der Waals surface area (Å²) in [4.78, 5) is 23.1. The van der Waals surface area contributed by atoms with Crippen molar-refractivity contribution in [1.82, 2.24) is 10.2 Å². The standard InChI is InChI=1S/C12H15N5O2S3/c1-6(2)14-11-16-17-12(22-11)21-5-8(18)15-10-7(9(13)19)3-4-20-10/h3-4,6H,5H2,1-2H3,(H2,13,19)(H,14,16)(H,15,18). The molecule has 118 valence electrons. The SMILES string of the molecule is CC(C)Nc1nnc(SCC(=O)Nc2sccc2C(N)=O)s1. The van der Waals surface area contributed by atoms with Gasteiger partial charge in [-0.05, 0) is 25.3 Å². The van der Waals surface area contributed by atoms with Crippen LogP contribution in [0.4, 0.5) is 10.1 Å². The second-order valence-corrected chi connectivity index (χ2v) is 7.65. The molecule has 2 amide bonds. The number of carbonyl (C=O) groups excluding carboxylic acids is 2. The first-order valence-corrected chi connectivity index (χ1v) is 9.04. The minimum atomic E-state index is -0.558. The number of hydrogen-bond acceptors (Lipinski definition) is 8. The Kier molecular flexibility index (Phi) is 5.75. The van der Waals surface area contributed by atoms with Crippen molar-refractivity contribution in [2.75, 3.05) is 16.4 Å². The van der Waals surface area contributed by atoms with Crippen molar-refractivity contribution < 1.29 is 9.59 Å². The molecule has 0 saturated heterocycles. The molecule has 0 aliphatic heterocycles. The lowest BCUT2D eigenvalue weighted by atomic mass is 10.3. The summed E-state index contributed by atoms with van der Waals surface area (Å²) >= 11 is 3.95. The van der Waals surface area contributed by atoms with Crippen LogP contribution < -0.4 is 16.4 Å². The van der Waals surface area contributed by atoms with Gasteiger partial charge in [-0.1, -0.05) is 23.1 Å². The average Bonchev–Trinajstić information content (AvgIpc) is 3.05. The number of nitrogens with two attached hydrogens (primary N) is 1. The van der Waals surface area contributed by atoms with E-state index in [1.807, 2.05) is 13.8 Å². The second-order valence-electron chi connectivity index (χ2n) is 4.54. The number of nitrogens with one attached hydrogen (secondary N) is 2. The molecule has 0 aliphatic carbocycles. The predicted molar refractivity (Wildman–Crippen MR) is 90.9 cm³/mol. The van der Waals surface area contributed by atoms with Gasteiger partial charge in [-0.15, -0.1) is 21.5 Å². The summed E-state index contributed by atoms with van der Waals surface area (Å²) in [5.41, 5.74) is 5.55. The summed E-state index contributed by atoms with van der Waals surface area (Å²) in [7, 11) is 0. The predicted octanol–water partition coefficient (Wildman–Crippen LogP) is 2.25. The van der Waals surface area contributed by atoms with Crippen molar-refractivity contribution in [3.05, 3.63) is 17.0 Å². The van der Waals surface area contributed by atoms with E-state index in [1.165, 1.54) is 34.4 Å². The maximum Gasteiger partial charge on any atom is 0.251 e. The third-order valence-corrected chi connectivity index (χ3v) is 5.15. The fraction of sp³-hybridized carbons (Fsp3) is 0.333. The molecular weight excluding hydrogens is 342 g/mol. The third-order valence-electron chi connectivity index (χ3n) is 2.33. The molecule has 0 unspecified atom stereocenters. The van der Waals surface area contributed by atoms with E-state index in [-0.39, 0.29) is 17.7 Å². The van der Waals surface area contributed by atoms with Gasteiger partial charge in [0.15, 0.2) is 4.34 Å². The molecule has 22 heavy (non-hydrogen) atoms. The highest BCUT2D eigenvalue weighted by atomic mass is 32.2. The van der Waals surface area contributed by atoms with Gasteiger partial charge in [-0.3, -0.25) is 9.59 Å². The number of nitrogens with zero attached hydrogens (tertiary/aromatic N) is 2. The molecule has 2 rings (SSSR count). The van der Waals surface area contributed by atoms with Crippen molar-refractivity contribution in [3.63, 3.8) is 0 Å². The number of hydrogen-bond donors (Lipinski definition) is 3. The van der Waals surface area contributed by atoms with Gasteiger partial charge in [-0.2, -0.15) is 0 Å². The quantitative estimate of drug-likeness (QED) is 0.656. The molecule has 0 aromatic carbocycles. The first-order valence-electron chi connectivity index (χ1n) is 6.35. The molecule has 0 saturated carbocycles. The molecule has 2 aromatic rings. The molecule has 0 atom stereocenters. The number of carbonyl (C=O) groups is 2. The number of amides is 2. The summed E-state index contributed by atoms with van der Waals surface area (Å²) in [6.07, 6.45) is 0. The summed E-state index contributed by atoms with van der Waals surface area (Å²) in [6, 6.07) is 1.87. The van der Waals surface area contributed by atoms with Gasteiger partial charge >= 0.3 is 0 Å². The van der Waals surface area contributed by atoms with E-state index >= 15 is 0 Å². The zero-order valence-electron chi connectivity index (χ0n) is 12.0. The lowest BCUT2D eigenvalue weighted by Crippen LogP contribution is -2.17. The Morgan fingerprint density at radius 2 is 2.18 bits per heavy atom. The van der Waals surface area contributed by atoms with E-state index in [9.17, 15) is 9.59 Å². The van der Waals surface area contributed by atoms with Gasteiger partial charge in [0.05, 0.1) is 11.3 Å². The molecule has 7 nitrogen and oxygen atoms in total. The Bertz CT molecular complexity index is 667.